The van der Waals surface area contributed by atoms with Crippen molar-refractivity contribution in [3.8, 4) is 0 Å². The number of ether oxygens (including phenoxy) is 8. The fourth-order valence-corrected chi connectivity index (χ4v) is 15.7. The minimum Gasteiger partial charge on any atom is -0.463 e. The van der Waals surface area contributed by atoms with Crippen LogP contribution in [0.15, 0.2) is 60.8 Å². The first kappa shape index (κ1) is 110. The van der Waals surface area contributed by atoms with E-state index in [2.05, 4.69) is 95.4 Å². The number of aliphatic hydroxyl groups is 3. The fourth-order valence-electron chi connectivity index (χ4n) is 15.7. The number of allylic oxidation sites excluding steroid dienone is 10. The molecule has 0 aromatic rings. The maximum absolute atomic E-state index is 14.3. The molecule has 0 spiro atoms. The van der Waals surface area contributed by atoms with E-state index in [1.165, 1.54) is 193 Å². The second-order valence-corrected chi connectivity index (χ2v) is 34.7. The van der Waals surface area contributed by atoms with Crippen LogP contribution in [0.2, 0.25) is 0 Å². The van der Waals surface area contributed by atoms with Gasteiger partial charge in [0.25, 0.3) is 0 Å². The molecule has 9 atom stereocenters. The van der Waals surface area contributed by atoms with Gasteiger partial charge in [-0.05, 0) is 161 Å². The summed E-state index contributed by atoms with van der Waals surface area (Å²) in [6.07, 6.45) is 80.5. The van der Waals surface area contributed by atoms with Crippen LogP contribution in [0, 0.1) is 0 Å². The smallest absolute Gasteiger partial charge is 0.306 e. The SMILES string of the molecule is CCCCCCCCC=CCCCCCCCC(=O)OCC1OC(COC(=O)CCCCCCCC=CCCCCCCCC)(OC2OC(COC(=O)CCCCCCCC=CCCCCCCCC)C(OC(=O)CCCCCCCC=CCCCCCCCC)C(O)C2O)C(OC(=O)CCCCCCCC=CCCCCCCCC)C1O. The molecule has 0 amide bonds. The third-order valence-corrected chi connectivity index (χ3v) is 23.4. The number of hydrogen-bond acceptors (Lipinski definition) is 16. The van der Waals surface area contributed by atoms with Crippen LogP contribution >= 0.6 is 0 Å². The molecule has 0 saturated carbocycles. The van der Waals surface area contributed by atoms with Crippen LogP contribution in [0.25, 0.3) is 0 Å². The summed E-state index contributed by atoms with van der Waals surface area (Å²) in [5.41, 5.74) is 0. The number of rotatable bonds is 85. The van der Waals surface area contributed by atoms with Crippen molar-refractivity contribution in [2.45, 2.75) is 539 Å². The normalized spacial score (nSPS) is 19.6. The molecule has 118 heavy (non-hydrogen) atoms. The van der Waals surface area contributed by atoms with Gasteiger partial charge in [0.15, 0.2) is 18.5 Å². The predicted octanol–water partition coefficient (Wildman–Crippen LogP) is 27.5. The van der Waals surface area contributed by atoms with E-state index in [9.17, 15) is 39.3 Å². The van der Waals surface area contributed by atoms with Crippen molar-refractivity contribution in [1.29, 1.82) is 0 Å². The maximum Gasteiger partial charge on any atom is 0.306 e. The Morgan fingerprint density at radius 2 is 0.508 bits per heavy atom. The van der Waals surface area contributed by atoms with E-state index >= 15 is 0 Å². The second-order valence-electron chi connectivity index (χ2n) is 34.7. The number of esters is 5. The Hall–Kier alpha value is -4.19. The van der Waals surface area contributed by atoms with E-state index in [1.807, 2.05) is 0 Å². The van der Waals surface area contributed by atoms with Crippen LogP contribution in [0.3, 0.4) is 0 Å². The zero-order valence-corrected chi connectivity index (χ0v) is 76.7. The van der Waals surface area contributed by atoms with Crippen LogP contribution in [0.1, 0.15) is 484 Å². The zero-order valence-electron chi connectivity index (χ0n) is 76.7. The van der Waals surface area contributed by atoms with Gasteiger partial charge in [-0.15, -0.1) is 0 Å². The van der Waals surface area contributed by atoms with Gasteiger partial charge < -0.3 is 53.2 Å². The predicted molar refractivity (Wildman–Crippen MR) is 485 cm³/mol. The van der Waals surface area contributed by atoms with Gasteiger partial charge in [0.05, 0.1) is 0 Å². The Labute approximate surface area is 722 Å². The van der Waals surface area contributed by atoms with E-state index < -0.39 is 104 Å². The van der Waals surface area contributed by atoms with Gasteiger partial charge in [-0.1, -0.05) is 352 Å². The van der Waals surface area contributed by atoms with Crippen molar-refractivity contribution in [3.05, 3.63) is 60.8 Å². The fraction of sp³-hybridized carbons (Fsp3) is 0.853. The topological polar surface area (TPSA) is 220 Å². The van der Waals surface area contributed by atoms with Crippen LogP contribution < -0.4 is 0 Å². The van der Waals surface area contributed by atoms with Gasteiger partial charge in [0, 0.05) is 32.1 Å². The lowest BCUT2D eigenvalue weighted by Crippen LogP contribution is -2.64. The Morgan fingerprint density at radius 3 is 0.797 bits per heavy atom. The summed E-state index contributed by atoms with van der Waals surface area (Å²) in [7, 11) is 0. The monoisotopic (exact) mass is 1660 g/mol. The Balaban J connectivity index is 2.43. The van der Waals surface area contributed by atoms with Crippen molar-refractivity contribution in [3.63, 3.8) is 0 Å². The molecule has 0 aromatic heterocycles. The highest BCUT2D eigenvalue weighted by molar-refractivity contribution is 5.71. The molecule has 0 aromatic carbocycles. The molecular weight excluding hydrogens is 1480 g/mol. The van der Waals surface area contributed by atoms with Crippen molar-refractivity contribution >= 4 is 29.8 Å². The van der Waals surface area contributed by atoms with Gasteiger partial charge in [-0.3, -0.25) is 24.0 Å². The van der Waals surface area contributed by atoms with Crippen molar-refractivity contribution in [2.24, 2.45) is 0 Å². The van der Waals surface area contributed by atoms with Gasteiger partial charge >= 0.3 is 29.8 Å². The van der Waals surface area contributed by atoms with Gasteiger partial charge in [0.1, 0.15) is 50.3 Å². The molecule has 9 unspecified atom stereocenters. The highest BCUT2D eigenvalue weighted by Crippen LogP contribution is 2.40. The van der Waals surface area contributed by atoms with Crippen molar-refractivity contribution in [1.82, 2.24) is 0 Å². The molecule has 2 aliphatic heterocycles. The Bertz CT molecular complexity index is 2480. The van der Waals surface area contributed by atoms with Crippen LogP contribution in [0.5, 0.6) is 0 Å². The first-order valence-corrected chi connectivity index (χ1v) is 50.0. The summed E-state index contributed by atoms with van der Waals surface area (Å²) in [4.78, 5) is 69.4. The van der Waals surface area contributed by atoms with Crippen LogP contribution in [-0.4, -0.2) is 120 Å². The average Bonchev–Trinajstić information content (AvgIpc) is 1.58. The number of aliphatic hydroxyl groups excluding tert-OH is 3. The van der Waals surface area contributed by atoms with Gasteiger partial charge in [0.2, 0.25) is 5.79 Å². The summed E-state index contributed by atoms with van der Waals surface area (Å²) in [6.45, 7) is 9.42. The average molecular weight is 1660 g/mol. The molecule has 2 fully saturated rings. The molecule has 0 radical (unpaired) electrons. The van der Waals surface area contributed by atoms with E-state index in [4.69, 9.17) is 37.9 Å². The molecule has 16 heteroatoms. The van der Waals surface area contributed by atoms with Gasteiger partial charge in [-0.2, -0.15) is 0 Å². The largest absolute Gasteiger partial charge is 0.463 e. The highest BCUT2D eigenvalue weighted by Gasteiger charge is 2.62. The van der Waals surface area contributed by atoms with E-state index in [0.29, 0.717) is 32.1 Å². The second kappa shape index (κ2) is 81.2. The van der Waals surface area contributed by atoms with E-state index in [0.717, 1.165) is 193 Å². The summed E-state index contributed by atoms with van der Waals surface area (Å²) in [5, 5.41) is 37.0. The first-order valence-electron chi connectivity index (χ1n) is 50.0. The quantitative estimate of drug-likeness (QED) is 0.0223. The molecule has 3 N–H and O–H groups in total. The zero-order chi connectivity index (χ0) is 85.4. The molecule has 2 rings (SSSR count). The van der Waals surface area contributed by atoms with Gasteiger partial charge in [-0.25, -0.2) is 0 Å². The van der Waals surface area contributed by atoms with Crippen LogP contribution in [-0.2, 0) is 61.9 Å². The third kappa shape index (κ3) is 62.0. The van der Waals surface area contributed by atoms with Crippen LogP contribution in [0.4, 0.5) is 0 Å². The van der Waals surface area contributed by atoms with Crippen molar-refractivity contribution < 1.29 is 77.2 Å². The lowest BCUT2D eigenvalue weighted by Gasteiger charge is -2.45. The molecule has 16 nitrogen and oxygen atoms in total. The first-order chi connectivity index (χ1) is 57.9. The molecule has 0 bridgehead atoms. The number of carbonyl (C=O) groups excluding carboxylic acids is 5. The molecule has 0 aliphatic carbocycles. The molecule has 2 heterocycles. The molecular formula is C102H182O16. The number of unbranched alkanes of at least 4 members (excludes halogenated alkanes) is 55. The van der Waals surface area contributed by atoms with E-state index in [-0.39, 0.29) is 32.1 Å². The lowest BCUT2D eigenvalue weighted by molar-refractivity contribution is -0.384. The molecule has 2 aliphatic rings. The standard InChI is InChI=1S/C102H182O16/c1-6-11-16-21-26-31-36-41-46-51-56-61-66-71-76-81-91(103)111-86-89-96(108)100(116-95(107)85-80-75-70-65-60-55-50-45-40-35-30-25-20-15-10-5)102(117-89,88-113-93(105)83-78-73-68-63-58-53-48-43-38-33-28-23-18-13-8-3)118-101-98(110)97(109)99(115-94(106)84-79-74-69-64-59-54-49-44-39-34-29-24-19-14-9-4)90(114-101)87-112-92(104)82-77-72-67-62-57-52-47-42-37-32-27-22-17-12-7-2/h41-50,89-90,96-101,108-110H,6-40,51-88H2,1-5H3. The summed E-state index contributed by atoms with van der Waals surface area (Å²) >= 11 is 0. The summed E-state index contributed by atoms with van der Waals surface area (Å²) in [6, 6.07) is 0. The summed E-state index contributed by atoms with van der Waals surface area (Å²) in [5.74, 6) is -5.43. The highest BCUT2D eigenvalue weighted by atomic mass is 16.8. The number of hydrogen-bond donors (Lipinski definition) is 3. The maximum atomic E-state index is 14.3. The third-order valence-electron chi connectivity index (χ3n) is 23.4. The minimum atomic E-state index is -2.44. The summed E-state index contributed by atoms with van der Waals surface area (Å²) < 4.78 is 49.9. The minimum absolute atomic E-state index is 0.0297. The lowest BCUT2D eigenvalue weighted by atomic mass is 9.98. The van der Waals surface area contributed by atoms with E-state index in [1.54, 1.807) is 0 Å². The van der Waals surface area contributed by atoms with Crippen molar-refractivity contribution in [2.75, 3.05) is 19.8 Å². The number of carbonyl (C=O) groups is 5. The Kier molecular flexibility index (Phi) is 75.6. The molecule has 2 saturated heterocycles. The molecule has 686 valence electrons. The Morgan fingerprint density at radius 1 is 0.271 bits per heavy atom.